The van der Waals surface area contributed by atoms with Gasteiger partial charge in [-0.15, -0.1) is 0 Å². The summed E-state index contributed by atoms with van der Waals surface area (Å²) in [6, 6.07) is 70.1. The van der Waals surface area contributed by atoms with E-state index in [0.717, 1.165) is 45.6 Å². The molecule has 0 aromatic heterocycles. The van der Waals surface area contributed by atoms with Gasteiger partial charge in [-0.05, 0) is 114 Å². The lowest BCUT2D eigenvalue weighted by Crippen LogP contribution is -1.96. The normalized spacial score (nSPS) is 13.2. The van der Waals surface area contributed by atoms with E-state index in [1.54, 1.807) is 0 Å². The molecule has 0 unspecified atom stereocenters. The van der Waals surface area contributed by atoms with Gasteiger partial charge in [0.05, 0.1) is 0 Å². The van der Waals surface area contributed by atoms with Gasteiger partial charge >= 0.3 is 0 Å². The van der Waals surface area contributed by atoms with Crippen molar-refractivity contribution in [2.75, 3.05) is 0 Å². The van der Waals surface area contributed by atoms with Crippen molar-refractivity contribution >= 4 is 23.5 Å². The number of rotatable bonds is 0. The summed E-state index contributed by atoms with van der Waals surface area (Å²) in [6.07, 6.45) is 0. The van der Waals surface area contributed by atoms with Crippen molar-refractivity contribution in [2.45, 2.75) is 36.2 Å². The van der Waals surface area contributed by atoms with Gasteiger partial charge in [0.15, 0.2) is 0 Å². The molecule has 2 nitrogen and oxygen atoms in total. The van der Waals surface area contributed by atoms with Gasteiger partial charge in [0, 0.05) is 23.0 Å². The molecular weight excluding hydrogens is 745 g/mol. The van der Waals surface area contributed by atoms with Crippen molar-refractivity contribution in [1.82, 2.24) is 0 Å². The minimum Gasteiger partial charge on any atom is -0.489 e. The summed E-state index contributed by atoms with van der Waals surface area (Å²) < 4.78 is 12.4. The van der Waals surface area contributed by atoms with Crippen LogP contribution in [0.25, 0.3) is 44.5 Å². The molecule has 0 fully saturated rings. The lowest BCUT2D eigenvalue weighted by Gasteiger charge is -2.11. The molecule has 0 amide bonds. The Morgan fingerprint density at radius 3 is 0.810 bits per heavy atom. The van der Waals surface area contributed by atoms with Gasteiger partial charge in [-0.2, -0.15) is 23.5 Å². The average molecular weight is 789 g/mol. The second-order valence-electron chi connectivity index (χ2n) is 14.8. The minimum absolute atomic E-state index is 0.530. The monoisotopic (exact) mass is 788 g/mol. The van der Waals surface area contributed by atoms with E-state index in [9.17, 15) is 0 Å². The van der Waals surface area contributed by atoms with Crippen molar-refractivity contribution < 1.29 is 9.47 Å². The van der Waals surface area contributed by atoms with Crippen LogP contribution in [0.3, 0.4) is 0 Å². The van der Waals surface area contributed by atoms with Crippen LogP contribution in [0.15, 0.2) is 194 Å². The predicted octanol–water partition coefficient (Wildman–Crippen LogP) is 14.7. The molecule has 10 heterocycles. The van der Waals surface area contributed by atoms with Gasteiger partial charge in [0.25, 0.3) is 0 Å². The summed E-state index contributed by atoms with van der Waals surface area (Å²) in [5.74, 6) is 5.63. The summed E-state index contributed by atoms with van der Waals surface area (Å²) in [4.78, 5) is 0. The van der Waals surface area contributed by atoms with Crippen molar-refractivity contribution in [2.24, 2.45) is 0 Å². The SMILES string of the molecule is c1cc2cc(c1)-c1ccc(cc1)COc1ccc(cc1)CSCc1ccc(cc1)-c1cccc(c1)-c1ccc(cc1)CSCc1ccc(cc1)OCc1ccc-2cc1. The highest BCUT2D eigenvalue weighted by molar-refractivity contribution is 7.97. The Labute approximate surface area is 350 Å². The summed E-state index contributed by atoms with van der Waals surface area (Å²) in [5.41, 5.74) is 17.3. The third-order valence-electron chi connectivity index (χ3n) is 10.6. The van der Waals surface area contributed by atoms with E-state index in [1.807, 2.05) is 23.5 Å². The Kier molecular flexibility index (Phi) is 11.7. The fraction of sp³-hybridized carbons (Fsp3) is 0.111. The predicted molar refractivity (Wildman–Crippen MR) is 246 cm³/mol. The molecular formula is C54H44O2S2. The zero-order chi connectivity index (χ0) is 38.9. The smallest absolute Gasteiger partial charge is 0.119 e. The van der Waals surface area contributed by atoms with E-state index >= 15 is 0 Å². The Balaban J connectivity index is 0.905. The highest BCUT2D eigenvalue weighted by Gasteiger charge is 2.07. The maximum atomic E-state index is 6.18. The van der Waals surface area contributed by atoms with Gasteiger partial charge < -0.3 is 9.47 Å². The second kappa shape index (κ2) is 18.1. The van der Waals surface area contributed by atoms with Crippen LogP contribution >= 0.6 is 23.5 Å². The molecule has 10 aliphatic heterocycles. The van der Waals surface area contributed by atoms with Gasteiger partial charge in [0.2, 0.25) is 0 Å². The van der Waals surface area contributed by atoms with Crippen molar-refractivity contribution in [3.05, 3.63) is 228 Å². The van der Waals surface area contributed by atoms with Crippen molar-refractivity contribution in [3.8, 4) is 56.0 Å². The van der Waals surface area contributed by atoms with Crippen LogP contribution < -0.4 is 9.47 Å². The number of hydrogen-bond donors (Lipinski definition) is 0. The highest BCUT2D eigenvalue weighted by Crippen LogP contribution is 2.31. The van der Waals surface area contributed by atoms with Gasteiger partial charge in [-0.3, -0.25) is 0 Å². The molecule has 16 bridgehead atoms. The molecule has 0 aliphatic carbocycles. The fourth-order valence-corrected chi connectivity index (χ4v) is 9.12. The first-order chi connectivity index (χ1) is 28.7. The molecule has 284 valence electrons. The zero-order valence-electron chi connectivity index (χ0n) is 32.4. The van der Waals surface area contributed by atoms with Crippen LogP contribution in [0.4, 0.5) is 0 Å². The van der Waals surface area contributed by atoms with E-state index in [4.69, 9.17) is 9.47 Å². The lowest BCUT2D eigenvalue weighted by atomic mass is 9.98. The van der Waals surface area contributed by atoms with Crippen LogP contribution in [0.1, 0.15) is 33.4 Å². The van der Waals surface area contributed by atoms with Gasteiger partial charge in [-0.25, -0.2) is 0 Å². The number of thioether (sulfide) groups is 2. The van der Waals surface area contributed by atoms with Gasteiger partial charge in [0.1, 0.15) is 24.7 Å². The molecule has 0 atom stereocenters. The molecule has 8 aromatic rings. The Bertz CT molecular complexity index is 2390. The third kappa shape index (κ3) is 9.59. The molecule has 4 heteroatoms. The maximum Gasteiger partial charge on any atom is 0.119 e. The van der Waals surface area contributed by atoms with Gasteiger partial charge in [-0.1, -0.05) is 158 Å². The van der Waals surface area contributed by atoms with Crippen LogP contribution in [0.2, 0.25) is 0 Å². The van der Waals surface area contributed by atoms with Crippen molar-refractivity contribution in [3.63, 3.8) is 0 Å². The third-order valence-corrected chi connectivity index (χ3v) is 12.8. The fourth-order valence-electron chi connectivity index (χ4n) is 7.20. The molecule has 58 heavy (non-hydrogen) atoms. The first-order valence-electron chi connectivity index (χ1n) is 19.8. The molecule has 8 aromatic carbocycles. The molecule has 0 saturated carbocycles. The second-order valence-corrected chi connectivity index (χ2v) is 16.8. The quantitative estimate of drug-likeness (QED) is 0.152. The van der Waals surface area contributed by atoms with E-state index in [1.165, 1.54) is 66.8 Å². The first-order valence-corrected chi connectivity index (χ1v) is 22.1. The van der Waals surface area contributed by atoms with Crippen LogP contribution in [0.5, 0.6) is 11.5 Å². The van der Waals surface area contributed by atoms with E-state index in [-0.39, 0.29) is 0 Å². The Hall–Kier alpha value is -5.94. The number of hydrogen-bond acceptors (Lipinski definition) is 4. The average Bonchev–Trinajstić information content (AvgIpc) is 3.29. The Morgan fingerprint density at radius 1 is 0.259 bits per heavy atom. The van der Waals surface area contributed by atoms with Crippen LogP contribution in [-0.4, -0.2) is 0 Å². The summed E-state index contributed by atoms with van der Waals surface area (Å²) in [7, 11) is 0. The standard InChI is InChI=1S/C54H44O2S2/c1-3-49-31-50(4-1)46-21-9-40(10-22-46)34-56-54-29-17-44(18-30-54)38-58-36-42-13-25-48(26-14-42)52-6-2-5-51(32-52)47-23-11-41(12-24-47)35-57-37-43-15-27-53(28-16-43)55-33-39-7-19-45(49)20-8-39/h1-32H,33-38H2. The first kappa shape index (κ1) is 37.6. The molecule has 0 N–H and O–H groups in total. The Morgan fingerprint density at radius 2 is 0.517 bits per heavy atom. The topological polar surface area (TPSA) is 18.5 Å². The molecule has 0 saturated heterocycles. The molecule has 18 rings (SSSR count). The van der Waals surface area contributed by atoms with Crippen LogP contribution in [0, 0.1) is 0 Å². The number of benzene rings is 8. The van der Waals surface area contributed by atoms with Crippen molar-refractivity contribution in [1.29, 1.82) is 0 Å². The largest absolute Gasteiger partial charge is 0.489 e. The van der Waals surface area contributed by atoms with E-state index < -0.39 is 0 Å². The number of ether oxygens (including phenoxy) is 2. The summed E-state index contributed by atoms with van der Waals surface area (Å²) >= 11 is 3.87. The summed E-state index contributed by atoms with van der Waals surface area (Å²) in [5, 5.41) is 0. The van der Waals surface area contributed by atoms with Crippen LogP contribution in [-0.2, 0) is 36.2 Å². The lowest BCUT2D eigenvalue weighted by molar-refractivity contribution is 0.306. The van der Waals surface area contributed by atoms with E-state index in [2.05, 4.69) is 194 Å². The molecule has 0 radical (unpaired) electrons. The molecule has 0 spiro atoms. The zero-order valence-corrected chi connectivity index (χ0v) is 34.0. The minimum atomic E-state index is 0.530. The molecule has 10 aliphatic rings. The summed E-state index contributed by atoms with van der Waals surface area (Å²) in [6.45, 7) is 1.06. The van der Waals surface area contributed by atoms with E-state index in [0.29, 0.717) is 13.2 Å². The highest BCUT2D eigenvalue weighted by atomic mass is 32.2. The maximum absolute atomic E-state index is 6.18.